The maximum atomic E-state index is 11.2. The highest BCUT2D eigenvalue weighted by Gasteiger charge is 2.21. The largest absolute Gasteiger partial charge is 0.478 e. The van der Waals surface area contributed by atoms with Gasteiger partial charge >= 0.3 is 5.97 Å². The van der Waals surface area contributed by atoms with Crippen molar-refractivity contribution in [1.82, 2.24) is 4.98 Å². The zero-order chi connectivity index (χ0) is 13.8. The molecule has 0 saturated carbocycles. The third kappa shape index (κ3) is 2.73. The second-order valence-corrected chi connectivity index (χ2v) is 4.55. The van der Waals surface area contributed by atoms with Crippen LogP contribution in [0.1, 0.15) is 44.8 Å². The van der Waals surface area contributed by atoms with Gasteiger partial charge in [0.25, 0.3) is 0 Å². The van der Waals surface area contributed by atoms with Gasteiger partial charge in [0.15, 0.2) is 6.29 Å². The van der Waals surface area contributed by atoms with Gasteiger partial charge in [-0.1, -0.05) is 37.3 Å². The number of H-pyrrole nitrogens is 1. The summed E-state index contributed by atoms with van der Waals surface area (Å²) in [6.07, 6.45) is 2.89. The normalized spacial score (nSPS) is 12.1. The fourth-order valence-corrected chi connectivity index (χ4v) is 2.25. The van der Waals surface area contributed by atoms with Gasteiger partial charge in [-0.25, -0.2) is 4.79 Å². The van der Waals surface area contributed by atoms with E-state index in [9.17, 15) is 14.7 Å². The highest BCUT2D eigenvalue weighted by Crippen LogP contribution is 2.25. The first-order valence-corrected chi connectivity index (χ1v) is 6.07. The molecule has 0 aliphatic carbocycles. The number of hydrogen-bond donors (Lipinski definition) is 2. The number of aromatic nitrogens is 1. The zero-order valence-corrected chi connectivity index (χ0v) is 10.6. The van der Waals surface area contributed by atoms with Crippen molar-refractivity contribution in [1.29, 1.82) is 0 Å². The minimum atomic E-state index is -1.07. The lowest BCUT2D eigenvalue weighted by atomic mass is 9.92. The van der Waals surface area contributed by atoms with Crippen LogP contribution in [0.3, 0.4) is 0 Å². The van der Waals surface area contributed by atoms with Crippen LogP contribution in [0.25, 0.3) is 0 Å². The van der Waals surface area contributed by atoms with Crippen LogP contribution in [0.15, 0.2) is 36.5 Å². The number of carbonyl (C=O) groups is 2. The molecule has 1 atom stereocenters. The van der Waals surface area contributed by atoms with Gasteiger partial charge in [0.2, 0.25) is 0 Å². The third-order valence-electron chi connectivity index (χ3n) is 3.19. The van der Waals surface area contributed by atoms with Gasteiger partial charge in [-0.2, -0.15) is 0 Å². The molecular formula is C15H15NO3. The number of aromatic amines is 1. The van der Waals surface area contributed by atoms with Gasteiger partial charge in [0.1, 0.15) is 0 Å². The molecule has 0 bridgehead atoms. The number of rotatable bonds is 5. The van der Waals surface area contributed by atoms with Crippen LogP contribution >= 0.6 is 0 Å². The fraction of sp³-hybridized carbons (Fsp3) is 0.200. The molecule has 2 aromatic rings. The topological polar surface area (TPSA) is 70.2 Å². The van der Waals surface area contributed by atoms with Gasteiger partial charge < -0.3 is 10.1 Å². The molecule has 19 heavy (non-hydrogen) atoms. The van der Waals surface area contributed by atoms with E-state index in [0.29, 0.717) is 11.8 Å². The van der Waals surface area contributed by atoms with Gasteiger partial charge in [0, 0.05) is 6.20 Å². The second-order valence-electron chi connectivity index (χ2n) is 4.55. The molecule has 2 N–H and O–H groups in total. The SMILES string of the molecule is CC(Cc1ccccc1)c1c[nH]c(C=O)c1C(=O)O. The Kier molecular flexibility index (Phi) is 3.80. The molecule has 0 aliphatic rings. The molecule has 0 amide bonds. The molecule has 0 aliphatic heterocycles. The van der Waals surface area contributed by atoms with Crippen LogP contribution in [-0.2, 0) is 6.42 Å². The zero-order valence-electron chi connectivity index (χ0n) is 10.6. The predicted octanol–water partition coefficient (Wildman–Crippen LogP) is 2.87. The molecule has 0 fully saturated rings. The number of carbonyl (C=O) groups excluding carboxylic acids is 1. The van der Waals surface area contributed by atoms with E-state index < -0.39 is 5.97 Å². The van der Waals surface area contributed by atoms with Gasteiger partial charge in [0.05, 0.1) is 11.3 Å². The Balaban J connectivity index is 2.29. The molecule has 1 unspecified atom stereocenters. The van der Waals surface area contributed by atoms with E-state index in [-0.39, 0.29) is 17.2 Å². The average Bonchev–Trinajstić information content (AvgIpc) is 2.83. The van der Waals surface area contributed by atoms with Gasteiger partial charge in [-0.15, -0.1) is 0 Å². The molecule has 0 spiro atoms. The van der Waals surface area contributed by atoms with Crippen LogP contribution in [0.2, 0.25) is 0 Å². The molecular weight excluding hydrogens is 242 g/mol. The number of hydrogen-bond acceptors (Lipinski definition) is 2. The standard InChI is InChI=1S/C15H15NO3/c1-10(7-11-5-3-2-4-6-11)12-8-16-13(9-17)14(12)15(18)19/h2-6,8-10,16H,7H2,1H3,(H,18,19). The van der Waals surface area contributed by atoms with Crippen molar-refractivity contribution < 1.29 is 14.7 Å². The van der Waals surface area contributed by atoms with Gasteiger partial charge in [-0.3, -0.25) is 4.79 Å². The van der Waals surface area contributed by atoms with Crippen molar-refractivity contribution in [2.45, 2.75) is 19.3 Å². The van der Waals surface area contributed by atoms with E-state index in [4.69, 9.17) is 0 Å². The summed E-state index contributed by atoms with van der Waals surface area (Å²) >= 11 is 0. The van der Waals surface area contributed by atoms with Gasteiger partial charge in [-0.05, 0) is 23.5 Å². The number of aldehydes is 1. The molecule has 98 valence electrons. The molecule has 1 heterocycles. The van der Waals surface area contributed by atoms with Crippen molar-refractivity contribution in [3.8, 4) is 0 Å². The van der Waals surface area contributed by atoms with Crippen LogP contribution < -0.4 is 0 Å². The maximum absolute atomic E-state index is 11.2. The fourth-order valence-electron chi connectivity index (χ4n) is 2.25. The molecule has 4 nitrogen and oxygen atoms in total. The minimum Gasteiger partial charge on any atom is -0.478 e. The molecule has 4 heteroatoms. The first-order valence-electron chi connectivity index (χ1n) is 6.07. The number of benzene rings is 1. The Morgan fingerprint density at radius 2 is 2.05 bits per heavy atom. The summed E-state index contributed by atoms with van der Waals surface area (Å²) in [5, 5.41) is 9.20. The Hall–Kier alpha value is -2.36. The molecule has 0 saturated heterocycles. The maximum Gasteiger partial charge on any atom is 0.338 e. The molecule has 2 rings (SSSR count). The van der Waals surface area contributed by atoms with E-state index in [0.717, 1.165) is 12.0 Å². The number of carboxylic acid groups (broad SMARTS) is 1. The Morgan fingerprint density at radius 3 is 2.63 bits per heavy atom. The molecule has 1 aromatic heterocycles. The van der Waals surface area contributed by atoms with Crippen molar-refractivity contribution in [3.63, 3.8) is 0 Å². The summed E-state index contributed by atoms with van der Waals surface area (Å²) in [6, 6.07) is 9.86. The smallest absolute Gasteiger partial charge is 0.338 e. The Bertz CT molecular complexity index is 587. The van der Waals surface area contributed by atoms with Crippen molar-refractivity contribution >= 4 is 12.3 Å². The third-order valence-corrected chi connectivity index (χ3v) is 3.19. The predicted molar refractivity (Wildman–Crippen MR) is 71.7 cm³/mol. The Labute approximate surface area is 111 Å². The second kappa shape index (κ2) is 5.52. The summed E-state index contributed by atoms with van der Waals surface area (Å²) < 4.78 is 0. The summed E-state index contributed by atoms with van der Waals surface area (Å²) in [6.45, 7) is 1.96. The van der Waals surface area contributed by atoms with Crippen LogP contribution in [-0.4, -0.2) is 22.3 Å². The van der Waals surface area contributed by atoms with Crippen molar-refractivity contribution in [2.75, 3.05) is 0 Å². The minimum absolute atomic E-state index is 0.0263. The summed E-state index contributed by atoms with van der Waals surface area (Å²) in [5.41, 5.74) is 2.01. The lowest BCUT2D eigenvalue weighted by Gasteiger charge is -2.11. The van der Waals surface area contributed by atoms with Crippen molar-refractivity contribution in [3.05, 3.63) is 58.9 Å². The van der Waals surface area contributed by atoms with E-state index >= 15 is 0 Å². The summed E-state index contributed by atoms with van der Waals surface area (Å²) in [5.74, 6) is -1.04. The monoisotopic (exact) mass is 257 g/mol. The van der Waals surface area contributed by atoms with Crippen LogP contribution in [0.5, 0.6) is 0 Å². The first-order chi connectivity index (χ1) is 9.13. The number of aromatic carboxylic acids is 1. The van der Waals surface area contributed by atoms with E-state index in [1.54, 1.807) is 6.20 Å². The highest BCUT2D eigenvalue weighted by molar-refractivity contribution is 5.97. The molecule has 0 radical (unpaired) electrons. The van der Waals surface area contributed by atoms with Crippen LogP contribution in [0, 0.1) is 0 Å². The van der Waals surface area contributed by atoms with E-state index in [2.05, 4.69) is 4.98 Å². The lowest BCUT2D eigenvalue weighted by molar-refractivity contribution is 0.0692. The van der Waals surface area contributed by atoms with E-state index in [1.165, 1.54) is 0 Å². The summed E-state index contributed by atoms with van der Waals surface area (Å²) in [4.78, 5) is 24.8. The number of carboxylic acids is 1. The number of nitrogens with one attached hydrogen (secondary N) is 1. The summed E-state index contributed by atoms with van der Waals surface area (Å²) in [7, 11) is 0. The Morgan fingerprint density at radius 1 is 1.37 bits per heavy atom. The highest BCUT2D eigenvalue weighted by atomic mass is 16.4. The van der Waals surface area contributed by atoms with E-state index in [1.807, 2.05) is 37.3 Å². The lowest BCUT2D eigenvalue weighted by Crippen LogP contribution is -2.07. The molecule has 1 aromatic carbocycles. The quantitative estimate of drug-likeness (QED) is 0.809. The first kappa shape index (κ1) is 13.1. The van der Waals surface area contributed by atoms with Crippen molar-refractivity contribution in [2.24, 2.45) is 0 Å². The van der Waals surface area contributed by atoms with Crippen LogP contribution in [0.4, 0.5) is 0 Å². The average molecular weight is 257 g/mol.